The minimum atomic E-state index is -0.244. The zero-order valence-electron chi connectivity index (χ0n) is 10.6. The molecule has 3 nitrogen and oxygen atoms in total. The third-order valence-electron chi connectivity index (χ3n) is 2.32. The third kappa shape index (κ3) is 3.51. The Morgan fingerprint density at radius 3 is 1.88 bits per heavy atom. The van der Waals surface area contributed by atoms with Gasteiger partial charge in [-0.2, -0.15) is 0 Å². The molecule has 0 N–H and O–H groups in total. The van der Waals surface area contributed by atoms with Crippen molar-refractivity contribution in [3.05, 3.63) is 29.8 Å². The Morgan fingerprint density at radius 1 is 1.00 bits per heavy atom. The summed E-state index contributed by atoms with van der Waals surface area (Å²) < 4.78 is 11.1. The molecule has 0 aliphatic carbocycles. The van der Waals surface area contributed by atoms with Crippen LogP contribution in [0.15, 0.2) is 24.3 Å². The van der Waals surface area contributed by atoms with Crippen molar-refractivity contribution < 1.29 is 9.47 Å². The topological polar surface area (TPSA) is 21.7 Å². The van der Waals surface area contributed by atoms with Crippen molar-refractivity contribution in [1.29, 1.82) is 0 Å². The Balaban J connectivity index is 2.76. The summed E-state index contributed by atoms with van der Waals surface area (Å²) in [5, 5.41) is 0. The molecule has 0 saturated heterocycles. The van der Waals surface area contributed by atoms with Gasteiger partial charge in [0.1, 0.15) is 0 Å². The second kappa shape index (κ2) is 6.51. The van der Waals surface area contributed by atoms with Crippen LogP contribution in [0.1, 0.15) is 25.7 Å². The molecule has 0 bridgehead atoms. The highest BCUT2D eigenvalue weighted by atomic mass is 16.7. The number of nitrogens with zero attached hydrogens (tertiary/aromatic N) is 1. The van der Waals surface area contributed by atoms with Gasteiger partial charge >= 0.3 is 0 Å². The smallest absolute Gasteiger partial charge is 0.183 e. The van der Waals surface area contributed by atoms with Crippen molar-refractivity contribution in [2.45, 2.75) is 20.1 Å². The molecule has 0 radical (unpaired) electrons. The maximum atomic E-state index is 5.53. The molecule has 90 valence electrons. The lowest BCUT2D eigenvalue weighted by Crippen LogP contribution is -2.11. The molecule has 0 spiro atoms. The molecule has 16 heavy (non-hydrogen) atoms. The fourth-order valence-corrected chi connectivity index (χ4v) is 1.47. The fourth-order valence-electron chi connectivity index (χ4n) is 1.47. The minimum absolute atomic E-state index is 0.244. The van der Waals surface area contributed by atoms with Gasteiger partial charge in [-0.05, 0) is 26.0 Å². The van der Waals surface area contributed by atoms with Crippen LogP contribution in [0.4, 0.5) is 5.69 Å². The zero-order valence-corrected chi connectivity index (χ0v) is 10.6. The molecule has 1 aromatic carbocycles. The molecular weight excluding hydrogens is 202 g/mol. The quantitative estimate of drug-likeness (QED) is 0.692. The van der Waals surface area contributed by atoms with Crippen LogP contribution in [0.5, 0.6) is 0 Å². The average molecular weight is 223 g/mol. The normalized spacial score (nSPS) is 10.8. The van der Waals surface area contributed by atoms with E-state index in [9.17, 15) is 0 Å². The van der Waals surface area contributed by atoms with Crippen LogP contribution < -0.4 is 4.90 Å². The Morgan fingerprint density at radius 2 is 1.50 bits per heavy atom. The fraction of sp³-hybridized carbons (Fsp3) is 0.538. The Hall–Kier alpha value is -1.06. The Kier molecular flexibility index (Phi) is 5.29. The van der Waals surface area contributed by atoms with Gasteiger partial charge in [0.05, 0.1) is 0 Å². The van der Waals surface area contributed by atoms with E-state index < -0.39 is 0 Å². The van der Waals surface area contributed by atoms with E-state index >= 15 is 0 Å². The van der Waals surface area contributed by atoms with Crippen LogP contribution in [-0.2, 0) is 9.47 Å². The number of hydrogen-bond acceptors (Lipinski definition) is 3. The summed E-state index contributed by atoms with van der Waals surface area (Å²) in [6.07, 6.45) is -0.244. The van der Waals surface area contributed by atoms with Crippen molar-refractivity contribution in [3.8, 4) is 0 Å². The Bertz CT molecular complexity index is 289. The molecule has 0 amide bonds. The molecule has 0 heterocycles. The summed E-state index contributed by atoms with van der Waals surface area (Å²) >= 11 is 0. The largest absolute Gasteiger partial charge is 0.378 e. The van der Waals surface area contributed by atoms with Crippen LogP contribution in [0.25, 0.3) is 0 Å². The van der Waals surface area contributed by atoms with E-state index in [1.54, 1.807) is 0 Å². The summed E-state index contributed by atoms with van der Waals surface area (Å²) in [7, 11) is 4.05. The summed E-state index contributed by atoms with van der Waals surface area (Å²) in [6, 6.07) is 8.23. The zero-order chi connectivity index (χ0) is 12.0. The molecule has 3 heteroatoms. The van der Waals surface area contributed by atoms with Gasteiger partial charge in [0.25, 0.3) is 0 Å². The minimum Gasteiger partial charge on any atom is -0.378 e. The number of hydrogen-bond donors (Lipinski definition) is 0. The molecule has 1 aromatic rings. The van der Waals surface area contributed by atoms with Crippen LogP contribution >= 0.6 is 0 Å². The number of ether oxygens (including phenoxy) is 2. The molecule has 0 unspecified atom stereocenters. The standard InChI is InChI=1S/C13H21NO2/c1-5-15-13(16-6-2)11-7-9-12(10-8-11)14(3)4/h7-10,13H,5-6H2,1-4H3. The highest BCUT2D eigenvalue weighted by Crippen LogP contribution is 2.21. The van der Waals surface area contributed by atoms with Gasteiger partial charge in [-0.3, -0.25) is 0 Å². The van der Waals surface area contributed by atoms with E-state index in [-0.39, 0.29) is 6.29 Å². The van der Waals surface area contributed by atoms with Crippen LogP contribution in [0.2, 0.25) is 0 Å². The van der Waals surface area contributed by atoms with Gasteiger partial charge in [-0.25, -0.2) is 0 Å². The van der Waals surface area contributed by atoms with Crippen LogP contribution in [-0.4, -0.2) is 27.3 Å². The predicted molar refractivity (Wildman–Crippen MR) is 66.8 cm³/mol. The van der Waals surface area contributed by atoms with Gasteiger partial charge in [0, 0.05) is 38.6 Å². The van der Waals surface area contributed by atoms with Gasteiger partial charge in [-0.15, -0.1) is 0 Å². The lowest BCUT2D eigenvalue weighted by Gasteiger charge is -2.18. The van der Waals surface area contributed by atoms with Crippen molar-refractivity contribution in [1.82, 2.24) is 0 Å². The SMILES string of the molecule is CCOC(OCC)c1ccc(N(C)C)cc1. The number of rotatable bonds is 6. The molecule has 0 fully saturated rings. The second-order valence-electron chi connectivity index (χ2n) is 3.73. The maximum absolute atomic E-state index is 5.53. The van der Waals surface area contributed by atoms with E-state index in [1.165, 1.54) is 5.69 Å². The first-order valence-corrected chi connectivity index (χ1v) is 5.69. The van der Waals surface area contributed by atoms with Crippen molar-refractivity contribution in [2.75, 3.05) is 32.2 Å². The Labute approximate surface area is 98.0 Å². The molecule has 0 saturated carbocycles. The first-order valence-electron chi connectivity index (χ1n) is 5.69. The molecular formula is C13H21NO2. The van der Waals surface area contributed by atoms with E-state index in [0.717, 1.165) is 5.56 Å². The lowest BCUT2D eigenvalue weighted by molar-refractivity contribution is -0.140. The first-order chi connectivity index (χ1) is 7.69. The lowest BCUT2D eigenvalue weighted by atomic mass is 10.2. The summed E-state index contributed by atoms with van der Waals surface area (Å²) in [6.45, 7) is 5.25. The van der Waals surface area contributed by atoms with E-state index in [4.69, 9.17) is 9.47 Å². The van der Waals surface area contributed by atoms with Crippen LogP contribution in [0.3, 0.4) is 0 Å². The summed E-state index contributed by atoms with van der Waals surface area (Å²) in [5.74, 6) is 0. The molecule has 0 aromatic heterocycles. The molecule has 0 atom stereocenters. The van der Waals surface area contributed by atoms with Crippen molar-refractivity contribution in [3.63, 3.8) is 0 Å². The van der Waals surface area contributed by atoms with Gasteiger partial charge in [0.2, 0.25) is 0 Å². The predicted octanol–water partition coefficient (Wildman–Crippen LogP) is 2.82. The summed E-state index contributed by atoms with van der Waals surface area (Å²) in [5.41, 5.74) is 2.24. The van der Waals surface area contributed by atoms with Gasteiger partial charge in [0.15, 0.2) is 6.29 Å². The third-order valence-corrected chi connectivity index (χ3v) is 2.32. The highest BCUT2D eigenvalue weighted by Gasteiger charge is 2.10. The second-order valence-corrected chi connectivity index (χ2v) is 3.73. The number of benzene rings is 1. The van der Waals surface area contributed by atoms with E-state index in [0.29, 0.717) is 13.2 Å². The van der Waals surface area contributed by atoms with Crippen molar-refractivity contribution >= 4 is 5.69 Å². The van der Waals surface area contributed by atoms with E-state index in [2.05, 4.69) is 17.0 Å². The van der Waals surface area contributed by atoms with E-state index in [1.807, 2.05) is 40.1 Å². The highest BCUT2D eigenvalue weighted by molar-refractivity contribution is 5.46. The van der Waals surface area contributed by atoms with Crippen LogP contribution in [0, 0.1) is 0 Å². The monoisotopic (exact) mass is 223 g/mol. The summed E-state index contributed by atoms with van der Waals surface area (Å²) in [4.78, 5) is 2.07. The maximum Gasteiger partial charge on any atom is 0.183 e. The molecule has 0 aliphatic rings. The number of anilines is 1. The first kappa shape index (κ1) is 13.0. The van der Waals surface area contributed by atoms with Gasteiger partial charge < -0.3 is 14.4 Å². The van der Waals surface area contributed by atoms with Crippen molar-refractivity contribution in [2.24, 2.45) is 0 Å². The molecule has 0 aliphatic heterocycles. The molecule has 1 rings (SSSR count). The average Bonchev–Trinajstić information content (AvgIpc) is 2.29. The van der Waals surface area contributed by atoms with Gasteiger partial charge in [-0.1, -0.05) is 12.1 Å².